The molecule has 2 unspecified atom stereocenters. The molecule has 0 spiro atoms. The van der Waals surface area contributed by atoms with Crippen molar-refractivity contribution < 1.29 is 23.0 Å². The fourth-order valence-corrected chi connectivity index (χ4v) is 2.49. The van der Waals surface area contributed by atoms with Gasteiger partial charge in [-0.3, -0.25) is 4.79 Å². The highest BCUT2D eigenvalue weighted by Crippen LogP contribution is 2.37. The van der Waals surface area contributed by atoms with Crippen molar-refractivity contribution in [2.24, 2.45) is 11.7 Å². The summed E-state index contributed by atoms with van der Waals surface area (Å²) in [4.78, 5) is 12.0. The van der Waals surface area contributed by atoms with Crippen LogP contribution in [0.15, 0.2) is 12.1 Å². The molecule has 0 saturated carbocycles. The van der Waals surface area contributed by atoms with E-state index < -0.39 is 18.6 Å². The van der Waals surface area contributed by atoms with E-state index in [0.29, 0.717) is 6.61 Å². The van der Waals surface area contributed by atoms with Crippen LogP contribution in [0.3, 0.4) is 0 Å². The summed E-state index contributed by atoms with van der Waals surface area (Å²) in [6.07, 6.45) is 0. The van der Waals surface area contributed by atoms with Crippen LogP contribution < -0.4 is 15.8 Å². The van der Waals surface area contributed by atoms with E-state index in [1.807, 2.05) is 0 Å². The zero-order valence-corrected chi connectivity index (χ0v) is 12.1. The van der Waals surface area contributed by atoms with Crippen molar-refractivity contribution in [2.45, 2.75) is 12.7 Å². The molecule has 0 radical (unpaired) electrons. The highest BCUT2D eigenvalue weighted by atomic mass is 35.5. The SMILES string of the molecule is NC1COCC1C(=O)Nc1cc(Cl)c(OC(F)F)c(Cl)c1. The summed E-state index contributed by atoms with van der Waals surface area (Å²) in [7, 11) is 0. The van der Waals surface area contributed by atoms with Crippen LogP contribution in [0.4, 0.5) is 14.5 Å². The Balaban J connectivity index is 2.12. The molecular weight excluding hydrogens is 329 g/mol. The number of carbonyl (C=O) groups excluding carboxylic acids is 1. The van der Waals surface area contributed by atoms with Gasteiger partial charge in [0, 0.05) is 11.7 Å². The summed E-state index contributed by atoms with van der Waals surface area (Å²) in [6.45, 7) is -2.52. The normalized spacial score (nSPS) is 21.6. The Morgan fingerprint density at radius 3 is 2.48 bits per heavy atom. The minimum absolute atomic E-state index is 0.134. The molecule has 116 valence electrons. The molecule has 1 aromatic carbocycles. The lowest BCUT2D eigenvalue weighted by Gasteiger charge is -2.15. The fraction of sp³-hybridized carbons (Fsp3) is 0.417. The van der Waals surface area contributed by atoms with Crippen LogP contribution in [0.1, 0.15) is 0 Å². The van der Waals surface area contributed by atoms with Gasteiger partial charge in [0.25, 0.3) is 0 Å². The molecule has 2 atom stereocenters. The van der Waals surface area contributed by atoms with Gasteiger partial charge in [0.1, 0.15) is 0 Å². The number of nitrogens with two attached hydrogens (primary N) is 1. The van der Waals surface area contributed by atoms with Crippen molar-refractivity contribution in [1.29, 1.82) is 0 Å². The number of rotatable bonds is 4. The number of hydrogen-bond acceptors (Lipinski definition) is 4. The molecule has 3 N–H and O–H groups in total. The maximum Gasteiger partial charge on any atom is 0.387 e. The van der Waals surface area contributed by atoms with Gasteiger partial charge in [-0.1, -0.05) is 23.2 Å². The third-order valence-corrected chi connectivity index (χ3v) is 3.50. The van der Waals surface area contributed by atoms with Crippen molar-refractivity contribution in [3.63, 3.8) is 0 Å². The number of hydrogen-bond donors (Lipinski definition) is 2. The zero-order chi connectivity index (χ0) is 15.6. The summed E-state index contributed by atoms with van der Waals surface area (Å²) in [6, 6.07) is 2.15. The number of alkyl halides is 2. The van der Waals surface area contributed by atoms with Crippen LogP contribution in [-0.4, -0.2) is 31.8 Å². The predicted molar refractivity (Wildman–Crippen MR) is 74.0 cm³/mol. The van der Waals surface area contributed by atoms with Crippen LogP contribution in [0, 0.1) is 5.92 Å². The highest BCUT2D eigenvalue weighted by molar-refractivity contribution is 6.37. The second kappa shape index (κ2) is 6.74. The van der Waals surface area contributed by atoms with Gasteiger partial charge >= 0.3 is 6.61 Å². The monoisotopic (exact) mass is 340 g/mol. The lowest BCUT2D eigenvalue weighted by atomic mass is 10.0. The molecule has 1 aromatic rings. The number of carbonyl (C=O) groups is 1. The summed E-state index contributed by atoms with van der Waals surface area (Å²) < 4.78 is 33.7. The average Bonchev–Trinajstić information content (AvgIpc) is 2.80. The van der Waals surface area contributed by atoms with Gasteiger partial charge in [-0.05, 0) is 12.1 Å². The Morgan fingerprint density at radius 2 is 2.00 bits per heavy atom. The maximum absolute atomic E-state index is 12.2. The first-order chi connectivity index (χ1) is 9.88. The first kappa shape index (κ1) is 16.2. The van der Waals surface area contributed by atoms with Gasteiger partial charge in [0.15, 0.2) is 5.75 Å². The number of amides is 1. The first-order valence-electron chi connectivity index (χ1n) is 5.96. The average molecular weight is 341 g/mol. The molecule has 1 saturated heterocycles. The number of ether oxygens (including phenoxy) is 2. The van der Waals surface area contributed by atoms with Gasteiger partial charge in [-0.2, -0.15) is 8.78 Å². The fourth-order valence-electron chi connectivity index (χ4n) is 1.91. The molecule has 5 nitrogen and oxygen atoms in total. The zero-order valence-electron chi connectivity index (χ0n) is 10.6. The molecule has 2 rings (SSSR count). The van der Waals surface area contributed by atoms with Crippen LogP contribution in [0.5, 0.6) is 5.75 Å². The van der Waals surface area contributed by atoms with Crippen molar-refractivity contribution in [2.75, 3.05) is 18.5 Å². The van der Waals surface area contributed by atoms with Gasteiger partial charge in [-0.25, -0.2) is 0 Å². The van der Waals surface area contributed by atoms with E-state index >= 15 is 0 Å². The maximum atomic E-state index is 12.2. The van der Waals surface area contributed by atoms with E-state index in [4.69, 9.17) is 33.7 Å². The van der Waals surface area contributed by atoms with Gasteiger partial charge in [-0.15, -0.1) is 0 Å². The van der Waals surface area contributed by atoms with E-state index in [0.717, 1.165) is 0 Å². The molecular formula is C12H12Cl2F2N2O3. The third kappa shape index (κ3) is 3.94. The van der Waals surface area contributed by atoms with Gasteiger partial charge in [0.2, 0.25) is 5.91 Å². The number of halogens is 4. The number of benzene rings is 1. The van der Waals surface area contributed by atoms with Crippen LogP contribution in [-0.2, 0) is 9.53 Å². The van der Waals surface area contributed by atoms with Crippen molar-refractivity contribution in [3.8, 4) is 5.75 Å². The topological polar surface area (TPSA) is 73.6 Å². The van der Waals surface area contributed by atoms with E-state index in [-0.39, 0.29) is 34.0 Å². The molecule has 9 heteroatoms. The largest absolute Gasteiger partial charge is 0.432 e. The van der Waals surface area contributed by atoms with Crippen molar-refractivity contribution >= 4 is 34.8 Å². The second-order valence-electron chi connectivity index (χ2n) is 4.44. The summed E-state index contributed by atoms with van der Waals surface area (Å²) in [5.41, 5.74) is 5.99. The molecule has 1 fully saturated rings. The van der Waals surface area contributed by atoms with Crippen LogP contribution in [0.2, 0.25) is 10.0 Å². The summed E-state index contributed by atoms with van der Waals surface area (Å²) in [5.74, 6) is -1.18. The Morgan fingerprint density at radius 1 is 1.38 bits per heavy atom. The molecule has 1 heterocycles. The Labute approximate surface area is 129 Å². The smallest absolute Gasteiger partial charge is 0.387 e. The lowest BCUT2D eigenvalue weighted by molar-refractivity contribution is -0.120. The summed E-state index contributed by atoms with van der Waals surface area (Å²) in [5, 5.41) is 2.30. The molecule has 1 aliphatic heterocycles. The quantitative estimate of drug-likeness (QED) is 0.883. The predicted octanol–water partition coefficient (Wildman–Crippen LogP) is 2.51. The van der Waals surface area contributed by atoms with Gasteiger partial charge in [0.05, 0.1) is 29.2 Å². The number of nitrogens with one attached hydrogen (secondary N) is 1. The van der Waals surface area contributed by atoms with Crippen LogP contribution in [0.25, 0.3) is 0 Å². The number of anilines is 1. The van der Waals surface area contributed by atoms with E-state index in [2.05, 4.69) is 10.1 Å². The molecule has 0 aliphatic carbocycles. The van der Waals surface area contributed by atoms with Crippen molar-refractivity contribution in [3.05, 3.63) is 22.2 Å². The Bertz CT molecular complexity index is 522. The summed E-state index contributed by atoms with van der Waals surface area (Å²) >= 11 is 11.6. The van der Waals surface area contributed by atoms with E-state index in [1.54, 1.807) is 0 Å². The van der Waals surface area contributed by atoms with E-state index in [9.17, 15) is 13.6 Å². The molecule has 1 amide bonds. The lowest BCUT2D eigenvalue weighted by Crippen LogP contribution is -2.37. The van der Waals surface area contributed by atoms with Crippen molar-refractivity contribution in [1.82, 2.24) is 0 Å². The minimum Gasteiger partial charge on any atom is -0.432 e. The first-order valence-corrected chi connectivity index (χ1v) is 6.72. The molecule has 0 bridgehead atoms. The molecule has 0 aromatic heterocycles. The standard InChI is InChI=1S/C12H12Cl2F2N2O3/c13-7-1-5(2-8(14)10(7)21-12(15)16)18-11(19)6-3-20-4-9(6)17/h1-2,6,9,12H,3-4,17H2,(H,18,19). The molecule has 1 aliphatic rings. The Hall–Kier alpha value is -1.15. The Kier molecular flexibility index (Phi) is 5.21. The van der Waals surface area contributed by atoms with Crippen LogP contribution >= 0.6 is 23.2 Å². The van der Waals surface area contributed by atoms with E-state index in [1.165, 1.54) is 12.1 Å². The minimum atomic E-state index is -3.05. The molecule has 21 heavy (non-hydrogen) atoms. The van der Waals surface area contributed by atoms with Gasteiger partial charge < -0.3 is 20.5 Å². The second-order valence-corrected chi connectivity index (χ2v) is 5.26. The third-order valence-electron chi connectivity index (χ3n) is 2.93. The highest BCUT2D eigenvalue weighted by Gasteiger charge is 2.31.